The molecule has 1 aliphatic rings. The topological polar surface area (TPSA) is 73.4 Å². The molecule has 28 heavy (non-hydrogen) atoms. The Morgan fingerprint density at radius 2 is 2.21 bits per heavy atom. The van der Waals surface area contributed by atoms with Crippen LogP contribution >= 0.6 is 0 Å². The lowest BCUT2D eigenvalue weighted by Crippen LogP contribution is -2.46. The number of benzene rings is 1. The zero-order chi connectivity index (χ0) is 19.7. The number of aryl methyl sites for hydroxylation is 1. The number of morpholine rings is 1. The number of amides is 1. The number of hydrogen-bond acceptors (Lipinski definition) is 5. The summed E-state index contributed by atoms with van der Waals surface area (Å²) in [4.78, 5) is 14.6. The summed E-state index contributed by atoms with van der Waals surface area (Å²) in [7, 11) is 1.84. The minimum atomic E-state index is -0.276. The van der Waals surface area contributed by atoms with Gasteiger partial charge >= 0.3 is 0 Å². The molecule has 7 nitrogen and oxygen atoms in total. The lowest BCUT2D eigenvalue weighted by atomic mass is 10.1. The highest BCUT2D eigenvalue weighted by Crippen LogP contribution is 2.24. The highest BCUT2D eigenvalue weighted by molar-refractivity contribution is 5.93. The van der Waals surface area contributed by atoms with Crippen molar-refractivity contribution >= 4 is 5.91 Å². The van der Waals surface area contributed by atoms with Crippen molar-refractivity contribution in [3.63, 3.8) is 0 Å². The van der Waals surface area contributed by atoms with Crippen molar-refractivity contribution in [3.05, 3.63) is 59.3 Å². The van der Waals surface area contributed by atoms with Gasteiger partial charge in [-0.1, -0.05) is 17.3 Å². The maximum Gasteiger partial charge on any atom is 0.276 e. The monoisotopic (exact) mass is 384 g/mol. The minimum absolute atomic E-state index is 0.188. The van der Waals surface area contributed by atoms with Crippen LogP contribution in [0.1, 0.15) is 21.7 Å². The molecule has 1 unspecified atom stereocenters. The first-order chi connectivity index (χ1) is 13.5. The minimum Gasteiger partial charge on any atom is -0.374 e. The van der Waals surface area contributed by atoms with Gasteiger partial charge in [-0.15, -0.1) is 0 Å². The second-order valence-electron chi connectivity index (χ2n) is 6.92. The fourth-order valence-corrected chi connectivity index (χ4v) is 3.36. The van der Waals surface area contributed by atoms with Crippen molar-refractivity contribution < 1.29 is 18.4 Å². The van der Waals surface area contributed by atoms with E-state index in [-0.39, 0.29) is 23.5 Å². The number of carbonyl (C=O) groups is 1. The van der Waals surface area contributed by atoms with E-state index in [9.17, 15) is 9.18 Å². The van der Waals surface area contributed by atoms with E-state index in [1.54, 1.807) is 27.9 Å². The molecule has 0 saturated carbocycles. The van der Waals surface area contributed by atoms with E-state index in [0.717, 1.165) is 16.8 Å². The fourth-order valence-electron chi connectivity index (χ4n) is 3.36. The van der Waals surface area contributed by atoms with Gasteiger partial charge in [-0.3, -0.25) is 9.48 Å². The molecule has 0 aliphatic carbocycles. The third-order valence-corrected chi connectivity index (χ3v) is 5.01. The molecule has 146 valence electrons. The average Bonchev–Trinajstić information content (AvgIpc) is 3.29. The molecule has 8 heteroatoms. The third kappa shape index (κ3) is 3.68. The third-order valence-electron chi connectivity index (χ3n) is 5.01. The Morgan fingerprint density at radius 1 is 1.36 bits per heavy atom. The first kappa shape index (κ1) is 18.4. The molecule has 1 atom stereocenters. The van der Waals surface area contributed by atoms with Crippen molar-refractivity contribution in [1.82, 2.24) is 19.8 Å². The Morgan fingerprint density at radius 3 is 2.96 bits per heavy atom. The van der Waals surface area contributed by atoms with Crippen LogP contribution in [0.3, 0.4) is 0 Å². The Bertz CT molecular complexity index is 997. The molecule has 1 amide bonds. The quantitative estimate of drug-likeness (QED) is 0.691. The van der Waals surface area contributed by atoms with Gasteiger partial charge in [-0.05, 0) is 24.6 Å². The summed E-state index contributed by atoms with van der Waals surface area (Å²) < 4.78 is 26.3. The Hall–Kier alpha value is -3.00. The van der Waals surface area contributed by atoms with Crippen molar-refractivity contribution in [2.45, 2.75) is 19.4 Å². The molecule has 3 heterocycles. The first-order valence-electron chi connectivity index (χ1n) is 9.12. The lowest BCUT2D eigenvalue weighted by molar-refractivity contribution is -0.0211. The zero-order valence-corrected chi connectivity index (χ0v) is 15.8. The van der Waals surface area contributed by atoms with Crippen LogP contribution in [0, 0.1) is 12.7 Å². The van der Waals surface area contributed by atoms with E-state index in [1.807, 2.05) is 20.0 Å². The highest BCUT2D eigenvalue weighted by atomic mass is 19.1. The molecule has 0 bridgehead atoms. The maximum absolute atomic E-state index is 13.4. The maximum atomic E-state index is 13.4. The number of nitrogens with zero attached hydrogens (tertiary/aromatic N) is 4. The average molecular weight is 384 g/mol. The Balaban J connectivity index is 1.45. The van der Waals surface area contributed by atoms with Gasteiger partial charge in [0.15, 0.2) is 11.5 Å². The number of hydrogen-bond donors (Lipinski definition) is 0. The second kappa shape index (κ2) is 7.55. The molecule has 0 N–H and O–H groups in total. The van der Waals surface area contributed by atoms with Gasteiger partial charge in [0.05, 0.1) is 24.5 Å². The van der Waals surface area contributed by atoms with Crippen molar-refractivity contribution in [2.24, 2.45) is 7.05 Å². The predicted molar refractivity (Wildman–Crippen MR) is 99.2 cm³/mol. The van der Waals surface area contributed by atoms with E-state index in [1.165, 1.54) is 12.1 Å². The van der Waals surface area contributed by atoms with E-state index >= 15 is 0 Å². The van der Waals surface area contributed by atoms with E-state index in [2.05, 4.69) is 10.3 Å². The SMILES string of the molecule is Cc1c(-c2cc(C(=O)N3CCOC(Cc4cccc(F)c4)C3)no2)cnn1C. The standard InChI is InChI=1S/C20H21FN4O3/c1-13-17(11-22-24(13)2)19-10-18(23-28-19)20(26)25-6-7-27-16(12-25)9-14-4-3-5-15(21)8-14/h3-5,8,10-11,16H,6-7,9,12H2,1-2H3. The summed E-state index contributed by atoms with van der Waals surface area (Å²) in [5, 5.41) is 8.13. The van der Waals surface area contributed by atoms with Crippen LogP contribution in [-0.4, -0.2) is 51.5 Å². The molecule has 1 aliphatic heterocycles. The molecule has 1 fully saturated rings. The largest absolute Gasteiger partial charge is 0.374 e. The van der Waals surface area contributed by atoms with Crippen molar-refractivity contribution in [3.8, 4) is 11.3 Å². The second-order valence-corrected chi connectivity index (χ2v) is 6.92. The number of aromatic nitrogens is 3. The first-order valence-corrected chi connectivity index (χ1v) is 9.12. The molecule has 0 radical (unpaired) electrons. The molecular formula is C20H21FN4O3. The number of halogens is 1. The molecule has 1 aromatic carbocycles. The fraction of sp³-hybridized carbons (Fsp3) is 0.350. The van der Waals surface area contributed by atoms with Crippen LogP contribution in [0.4, 0.5) is 4.39 Å². The van der Waals surface area contributed by atoms with Gasteiger partial charge in [0.1, 0.15) is 5.82 Å². The summed E-state index contributed by atoms with van der Waals surface area (Å²) in [5.74, 6) is 0.0321. The van der Waals surface area contributed by atoms with Gasteiger partial charge in [0.2, 0.25) is 0 Å². The van der Waals surface area contributed by atoms with Gasteiger partial charge in [-0.25, -0.2) is 4.39 Å². The van der Waals surface area contributed by atoms with Gasteiger partial charge < -0.3 is 14.2 Å². The zero-order valence-electron chi connectivity index (χ0n) is 15.8. The molecular weight excluding hydrogens is 363 g/mol. The summed E-state index contributed by atoms with van der Waals surface area (Å²) in [6.07, 6.45) is 2.04. The molecule has 3 aromatic rings. The van der Waals surface area contributed by atoms with Crippen LogP contribution in [0.25, 0.3) is 11.3 Å². The molecule has 2 aromatic heterocycles. The number of carbonyl (C=O) groups excluding carboxylic acids is 1. The van der Waals surface area contributed by atoms with E-state index in [0.29, 0.717) is 31.9 Å². The van der Waals surface area contributed by atoms with E-state index < -0.39 is 0 Å². The number of ether oxygens (including phenoxy) is 1. The van der Waals surface area contributed by atoms with Crippen LogP contribution < -0.4 is 0 Å². The lowest BCUT2D eigenvalue weighted by Gasteiger charge is -2.32. The van der Waals surface area contributed by atoms with Crippen LogP contribution in [-0.2, 0) is 18.2 Å². The van der Waals surface area contributed by atoms with Crippen molar-refractivity contribution in [1.29, 1.82) is 0 Å². The molecule has 1 saturated heterocycles. The molecule has 0 spiro atoms. The van der Waals surface area contributed by atoms with Gasteiger partial charge in [0.25, 0.3) is 5.91 Å². The van der Waals surface area contributed by atoms with E-state index in [4.69, 9.17) is 9.26 Å². The van der Waals surface area contributed by atoms with Crippen LogP contribution in [0.15, 0.2) is 41.1 Å². The normalized spacial score (nSPS) is 17.1. The van der Waals surface area contributed by atoms with Gasteiger partial charge in [0, 0.05) is 38.3 Å². The number of rotatable bonds is 4. The predicted octanol–water partition coefficient (Wildman–Crippen LogP) is 2.61. The summed E-state index contributed by atoms with van der Waals surface area (Å²) in [6.45, 7) is 3.25. The summed E-state index contributed by atoms with van der Waals surface area (Å²) in [5.41, 5.74) is 2.83. The highest BCUT2D eigenvalue weighted by Gasteiger charge is 2.27. The Kier molecular flexibility index (Phi) is 4.95. The van der Waals surface area contributed by atoms with Gasteiger partial charge in [-0.2, -0.15) is 5.10 Å². The van der Waals surface area contributed by atoms with Crippen LogP contribution in [0.2, 0.25) is 0 Å². The Labute approximate surface area is 161 Å². The van der Waals surface area contributed by atoms with Crippen molar-refractivity contribution in [2.75, 3.05) is 19.7 Å². The smallest absolute Gasteiger partial charge is 0.276 e. The van der Waals surface area contributed by atoms with Crippen LogP contribution in [0.5, 0.6) is 0 Å². The summed E-state index contributed by atoms with van der Waals surface area (Å²) >= 11 is 0. The summed E-state index contributed by atoms with van der Waals surface area (Å²) in [6, 6.07) is 8.07. The molecule has 4 rings (SSSR count).